The Morgan fingerprint density at radius 1 is 1.31 bits per heavy atom. The Kier molecular flexibility index (Phi) is 3.49. The lowest BCUT2D eigenvalue weighted by Gasteiger charge is -2.28. The Bertz CT molecular complexity index is 360. The fourth-order valence-electron chi connectivity index (χ4n) is 2.32. The maximum Gasteiger partial charge on any atom is 0.222 e. The van der Waals surface area contributed by atoms with E-state index in [2.05, 4.69) is 5.32 Å². The molecule has 0 aromatic rings. The molecule has 0 saturated carbocycles. The summed E-state index contributed by atoms with van der Waals surface area (Å²) in [6.07, 6.45) is 1.05. The Labute approximate surface area is 96.1 Å². The second kappa shape index (κ2) is 4.71. The largest absolute Gasteiger partial charge is 0.340 e. The van der Waals surface area contributed by atoms with E-state index in [1.54, 1.807) is 0 Å². The van der Waals surface area contributed by atoms with Gasteiger partial charge in [0, 0.05) is 32.6 Å². The van der Waals surface area contributed by atoms with Gasteiger partial charge < -0.3 is 10.2 Å². The van der Waals surface area contributed by atoms with E-state index < -0.39 is 9.84 Å². The van der Waals surface area contributed by atoms with Crippen LogP contribution < -0.4 is 5.32 Å². The van der Waals surface area contributed by atoms with Gasteiger partial charge in [0.1, 0.15) is 0 Å². The summed E-state index contributed by atoms with van der Waals surface area (Å²) in [5.41, 5.74) is 0. The van der Waals surface area contributed by atoms with E-state index in [1.807, 2.05) is 4.90 Å². The van der Waals surface area contributed by atoms with Crippen LogP contribution in [0.1, 0.15) is 12.8 Å². The van der Waals surface area contributed by atoms with Crippen molar-refractivity contribution in [1.82, 2.24) is 10.2 Å². The summed E-state index contributed by atoms with van der Waals surface area (Å²) in [5.74, 6) is 0.619. The fraction of sp³-hybridized carbons (Fsp3) is 0.900. The SMILES string of the molecule is O=C(C[C@H]1CCS(=O)(=O)C1)N1CCNCC1. The van der Waals surface area contributed by atoms with Crippen LogP contribution in [0.15, 0.2) is 0 Å². The average molecular weight is 246 g/mol. The van der Waals surface area contributed by atoms with Crippen molar-refractivity contribution in [1.29, 1.82) is 0 Å². The molecule has 2 fully saturated rings. The molecule has 0 aromatic heterocycles. The second-order valence-corrected chi connectivity index (χ2v) is 6.83. The maximum absolute atomic E-state index is 11.9. The Morgan fingerprint density at radius 2 is 2.00 bits per heavy atom. The number of sulfone groups is 1. The van der Waals surface area contributed by atoms with Gasteiger partial charge in [0.2, 0.25) is 5.91 Å². The van der Waals surface area contributed by atoms with E-state index in [1.165, 1.54) is 0 Å². The van der Waals surface area contributed by atoms with Crippen LogP contribution in [0, 0.1) is 5.92 Å². The molecule has 16 heavy (non-hydrogen) atoms. The molecule has 5 nitrogen and oxygen atoms in total. The van der Waals surface area contributed by atoms with E-state index in [-0.39, 0.29) is 23.3 Å². The van der Waals surface area contributed by atoms with Crippen LogP contribution >= 0.6 is 0 Å². The molecule has 0 unspecified atom stereocenters. The number of hydrogen-bond donors (Lipinski definition) is 1. The van der Waals surface area contributed by atoms with Crippen LogP contribution in [0.4, 0.5) is 0 Å². The molecule has 0 aromatic carbocycles. The quantitative estimate of drug-likeness (QED) is 0.696. The molecule has 2 aliphatic rings. The summed E-state index contributed by atoms with van der Waals surface area (Å²) in [6, 6.07) is 0. The molecule has 0 spiro atoms. The van der Waals surface area contributed by atoms with Crippen molar-refractivity contribution in [2.75, 3.05) is 37.7 Å². The number of nitrogens with one attached hydrogen (secondary N) is 1. The number of hydrogen-bond acceptors (Lipinski definition) is 4. The zero-order valence-corrected chi connectivity index (χ0v) is 10.1. The Balaban J connectivity index is 1.83. The molecule has 1 N–H and O–H groups in total. The molecule has 2 heterocycles. The molecule has 2 rings (SSSR count). The minimum atomic E-state index is -2.85. The van der Waals surface area contributed by atoms with Crippen LogP contribution in [0.3, 0.4) is 0 Å². The van der Waals surface area contributed by atoms with Gasteiger partial charge in [-0.25, -0.2) is 8.42 Å². The summed E-state index contributed by atoms with van der Waals surface area (Å²) >= 11 is 0. The zero-order chi connectivity index (χ0) is 11.6. The van der Waals surface area contributed by atoms with Gasteiger partial charge in [-0.05, 0) is 12.3 Å². The summed E-state index contributed by atoms with van der Waals surface area (Å²) < 4.78 is 22.5. The molecule has 0 radical (unpaired) electrons. The van der Waals surface area contributed by atoms with Gasteiger partial charge >= 0.3 is 0 Å². The van der Waals surface area contributed by atoms with Crippen LogP contribution in [-0.2, 0) is 14.6 Å². The van der Waals surface area contributed by atoms with Gasteiger partial charge in [-0.15, -0.1) is 0 Å². The summed E-state index contributed by atoms with van der Waals surface area (Å²) in [7, 11) is -2.85. The number of carbonyl (C=O) groups excluding carboxylic acids is 1. The monoisotopic (exact) mass is 246 g/mol. The number of amides is 1. The van der Waals surface area contributed by atoms with E-state index in [0.717, 1.165) is 26.2 Å². The molecule has 2 aliphatic heterocycles. The third kappa shape index (κ3) is 2.95. The molecule has 6 heteroatoms. The standard InChI is InChI=1S/C10H18N2O3S/c13-10(12-4-2-11-3-5-12)7-9-1-6-16(14,15)8-9/h9,11H,1-8H2/t9-/m1/s1. The molecule has 2 saturated heterocycles. The third-order valence-corrected chi connectivity index (χ3v) is 5.10. The van der Waals surface area contributed by atoms with E-state index in [0.29, 0.717) is 12.8 Å². The first kappa shape index (κ1) is 11.9. The Morgan fingerprint density at radius 3 is 2.56 bits per heavy atom. The topological polar surface area (TPSA) is 66.5 Å². The van der Waals surface area contributed by atoms with Crippen molar-refractivity contribution in [2.45, 2.75) is 12.8 Å². The fourth-order valence-corrected chi connectivity index (χ4v) is 4.19. The van der Waals surface area contributed by atoms with Crippen molar-refractivity contribution >= 4 is 15.7 Å². The molecule has 0 aliphatic carbocycles. The predicted octanol–water partition coefficient (Wildman–Crippen LogP) is -0.757. The van der Waals surface area contributed by atoms with E-state index >= 15 is 0 Å². The third-order valence-electron chi connectivity index (χ3n) is 3.26. The summed E-state index contributed by atoms with van der Waals surface area (Å²) in [4.78, 5) is 13.7. The number of nitrogens with zero attached hydrogens (tertiary/aromatic N) is 1. The molecule has 0 bridgehead atoms. The number of carbonyl (C=O) groups is 1. The lowest BCUT2D eigenvalue weighted by molar-refractivity contribution is -0.132. The van der Waals surface area contributed by atoms with Gasteiger partial charge in [0.15, 0.2) is 9.84 Å². The van der Waals surface area contributed by atoms with Gasteiger partial charge in [-0.1, -0.05) is 0 Å². The normalized spacial score (nSPS) is 29.2. The molecule has 1 amide bonds. The highest BCUT2D eigenvalue weighted by atomic mass is 32.2. The number of rotatable bonds is 2. The summed E-state index contributed by atoms with van der Waals surface area (Å²) in [5, 5.41) is 3.19. The molecule has 1 atom stereocenters. The molecular weight excluding hydrogens is 228 g/mol. The Hall–Kier alpha value is -0.620. The van der Waals surface area contributed by atoms with Crippen molar-refractivity contribution < 1.29 is 13.2 Å². The van der Waals surface area contributed by atoms with E-state index in [4.69, 9.17) is 0 Å². The highest BCUT2D eigenvalue weighted by Gasteiger charge is 2.30. The average Bonchev–Trinajstić information content (AvgIpc) is 2.59. The van der Waals surface area contributed by atoms with Gasteiger partial charge in [-0.2, -0.15) is 0 Å². The zero-order valence-electron chi connectivity index (χ0n) is 9.31. The van der Waals surface area contributed by atoms with Crippen molar-refractivity contribution in [2.24, 2.45) is 5.92 Å². The van der Waals surface area contributed by atoms with Crippen LogP contribution in [0.2, 0.25) is 0 Å². The van der Waals surface area contributed by atoms with Crippen LogP contribution in [0.5, 0.6) is 0 Å². The molecule has 92 valence electrons. The predicted molar refractivity (Wildman–Crippen MR) is 60.8 cm³/mol. The number of piperazine rings is 1. The van der Waals surface area contributed by atoms with Crippen molar-refractivity contribution in [3.05, 3.63) is 0 Å². The highest BCUT2D eigenvalue weighted by Crippen LogP contribution is 2.22. The van der Waals surface area contributed by atoms with Crippen LogP contribution in [-0.4, -0.2) is 56.9 Å². The lowest BCUT2D eigenvalue weighted by Crippen LogP contribution is -2.46. The minimum Gasteiger partial charge on any atom is -0.340 e. The summed E-state index contributed by atoms with van der Waals surface area (Å²) in [6.45, 7) is 3.18. The molecular formula is C10H18N2O3S. The first-order valence-corrected chi connectivity index (χ1v) is 7.58. The van der Waals surface area contributed by atoms with Gasteiger partial charge in [0.05, 0.1) is 11.5 Å². The minimum absolute atomic E-state index is 0.0485. The van der Waals surface area contributed by atoms with Gasteiger partial charge in [-0.3, -0.25) is 4.79 Å². The maximum atomic E-state index is 11.9. The highest BCUT2D eigenvalue weighted by molar-refractivity contribution is 7.91. The van der Waals surface area contributed by atoms with Gasteiger partial charge in [0.25, 0.3) is 0 Å². The van der Waals surface area contributed by atoms with E-state index in [9.17, 15) is 13.2 Å². The first-order valence-electron chi connectivity index (χ1n) is 5.76. The van der Waals surface area contributed by atoms with Crippen molar-refractivity contribution in [3.8, 4) is 0 Å². The van der Waals surface area contributed by atoms with Crippen molar-refractivity contribution in [3.63, 3.8) is 0 Å². The first-order chi connectivity index (χ1) is 7.57. The lowest BCUT2D eigenvalue weighted by atomic mass is 10.0. The smallest absolute Gasteiger partial charge is 0.222 e. The van der Waals surface area contributed by atoms with Crippen LogP contribution in [0.25, 0.3) is 0 Å². The second-order valence-electron chi connectivity index (χ2n) is 4.60.